The van der Waals surface area contributed by atoms with E-state index in [9.17, 15) is 18.8 Å². The molecule has 37 heavy (non-hydrogen) atoms. The summed E-state index contributed by atoms with van der Waals surface area (Å²) in [6, 6.07) is 14.9. The maximum atomic E-state index is 13.5. The number of ether oxygens (including phenoxy) is 3. The number of anilines is 1. The molecule has 3 aromatic carbocycles. The fourth-order valence-corrected chi connectivity index (χ4v) is 4.44. The van der Waals surface area contributed by atoms with Crippen molar-refractivity contribution < 1.29 is 33.0 Å². The molecule has 1 heterocycles. The summed E-state index contributed by atoms with van der Waals surface area (Å²) in [5.74, 6) is -0.559. The third-order valence-electron chi connectivity index (χ3n) is 5.34. The van der Waals surface area contributed by atoms with Crippen LogP contribution in [0.25, 0.3) is 6.08 Å². The summed E-state index contributed by atoms with van der Waals surface area (Å²) in [5, 5.41) is 2.21. The highest BCUT2D eigenvalue weighted by molar-refractivity contribution is 14.1. The molecular formula is C27H22FIN2O6. The van der Waals surface area contributed by atoms with Gasteiger partial charge in [0, 0.05) is 0 Å². The average Bonchev–Trinajstić information content (AvgIpc) is 2.86. The Labute approximate surface area is 226 Å². The number of halogens is 2. The summed E-state index contributed by atoms with van der Waals surface area (Å²) in [5.41, 5.74) is 1.20. The maximum absolute atomic E-state index is 13.5. The number of benzene rings is 3. The van der Waals surface area contributed by atoms with Crippen molar-refractivity contribution in [3.63, 3.8) is 0 Å². The molecule has 4 amide bonds. The number of barbiturate groups is 1. The van der Waals surface area contributed by atoms with Gasteiger partial charge in [0.15, 0.2) is 11.5 Å². The van der Waals surface area contributed by atoms with E-state index >= 15 is 0 Å². The second-order valence-corrected chi connectivity index (χ2v) is 9.00. The zero-order valence-electron chi connectivity index (χ0n) is 19.9. The molecule has 0 aliphatic carbocycles. The molecule has 1 fully saturated rings. The molecule has 0 saturated carbocycles. The first-order valence-electron chi connectivity index (χ1n) is 11.2. The smallest absolute Gasteiger partial charge is 0.335 e. The minimum Gasteiger partial charge on any atom is -0.494 e. The Bertz CT molecular complexity index is 1390. The quantitative estimate of drug-likeness (QED) is 0.216. The number of hydrogen-bond acceptors (Lipinski definition) is 6. The monoisotopic (exact) mass is 616 g/mol. The number of imide groups is 2. The molecule has 0 radical (unpaired) electrons. The van der Waals surface area contributed by atoms with Crippen molar-refractivity contribution in [1.29, 1.82) is 0 Å². The van der Waals surface area contributed by atoms with Crippen LogP contribution in [-0.4, -0.2) is 31.6 Å². The zero-order chi connectivity index (χ0) is 26.5. The van der Waals surface area contributed by atoms with E-state index in [0.29, 0.717) is 38.6 Å². The van der Waals surface area contributed by atoms with Gasteiger partial charge in [-0.25, -0.2) is 14.1 Å². The van der Waals surface area contributed by atoms with Crippen LogP contribution in [0.5, 0.6) is 17.2 Å². The molecular weight excluding hydrogens is 594 g/mol. The third kappa shape index (κ3) is 5.91. The standard InChI is InChI=1S/C27H22FIN2O6/c1-3-36-20-9-7-19(8-10-20)31-26(33)21(25(32)30-27(31)34)12-17-13-22(29)24(23(14-17)35-2)37-15-16-5-4-6-18(28)11-16/h4-14H,3,15H2,1-2H3,(H,30,32,34)/b21-12+. The first kappa shape index (κ1) is 26.1. The number of nitrogens with zero attached hydrogens (tertiary/aromatic N) is 1. The van der Waals surface area contributed by atoms with Gasteiger partial charge in [-0.05, 0) is 95.2 Å². The van der Waals surface area contributed by atoms with Crippen LogP contribution >= 0.6 is 22.6 Å². The van der Waals surface area contributed by atoms with E-state index in [2.05, 4.69) is 5.32 Å². The number of amides is 4. The van der Waals surface area contributed by atoms with E-state index in [0.717, 1.165) is 4.90 Å². The van der Waals surface area contributed by atoms with Crippen LogP contribution in [0.2, 0.25) is 0 Å². The van der Waals surface area contributed by atoms with Crippen LogP contribution in [0.4, 0.5) is 14.9 Å². The van der Waals surface area contributed by atoms with Crippen molar-refractivity contribution in [3.05, 3.63) is 86.8 Å². The maximum Gasteiger partial charge on any atom is 0.335 e. The van der Waals surface area contributed by atoms with Crippen molar-refractivity contribution in [2.75, 3.05) is 18.6 Å². The number of carbonyl (C=O) groups excluding carboxylic acids is 3. The van der Waals surface area contributed by atoms with Crippen LogP contribution in [-0.2, 0) is 16.2 Å². The lowest BCUT2D eigenvalue weighted by atomic mass is 10.1. The molecule has 3 aromatic rings. The largest absolute Gasteiger partial charge is 0.494 e. The predicted octanol–water partition coefficient (Wildman–Crippen LogP) is 5.08. The summed E-state index contributed by atoms with van der Waals surface area (Å²) in [4.78, 5) is 39.2. The van der Waals surface area contributed by atoms with Gasteiger partial charge in [-0.2, -0.15) is 0 Å². The number of rotatable bonds is 8. The summed E-state index contributed by atoms with van der Waals surface area (Å²) in [6.07, 6.45) is 1.38. The Kier molecular flexibility index (Phi) is 8.07. The van der Waals surface area contributed by atoms with E-state index in [1.165, 1.54) is 25.3 Å². The Morgan fingerprint density at radius 1 is 1.03 bits per heavy atom. The van der Waals surface area contributed by atoms with E-state index in [1.54, 1.807) is 48.5 Å². The molecule has 0 unspecified atom stereocenters. The molecule has 8 nitrogen and oxygen atoms in total. The fraction of sp³-hybridized carbons (Fsp3) is 0.148. The lowest BCUT2D eigenvalue weighted by molar-refractivity contribution is -0.122. The molecule has 0 atom stereocenters. The normalized spacial score (nSPS) is 14.5. The highest BCUT2D eigenvalue weighted by Gasteiger charge is 2.37. The van der Waals surface area contributed by atoms with Gasteiger partial charge < -0.3 is 14.2 Å². The van der Waals surface area contributed by atoms with E-state index in [4.69, 9.17) is 14.2 Å². The predicted molar refractivity (Wildman–Crippen MR) is 143 cm³/mol. The van der Waals surface area contributed by atoms with Gasteiger partial charge in [-0.3, -0.25) is 14.9 Å². The molecule has 1 aliphatic heterocycles. The first-order chi connectivity index (χ1) is 17.8. The molecule has 10 heteroatoms. The van der Waals surface area contributed by atoms with Crippen molar-refractivity contribution in [3.8, 4) is 17.2 Å². The zero-order valence-corrected chi connectivity index (χ0v) is 22.1. The van der Waals surface area contributed by atoms with Gasteiger partial charge in [0.2, 0.25) is 0 Å². The molecule has 1 saturated heterocycles. The van der Waals surface area contributed by atoms with Crippen LogP contribution in [0, 0.1) is 9.39 Å². The van der Waals surface area contributed by atoms with Crippen LogP contribution < -0.4 is 24.4 Å². The summed E-state index contributed by atoms with van der Waals surface area (Å²) in [7, 11) is 1.46. The van der Waals surface area contributed by atoms with Crippen LogP contribution in [0.3, 0.4) is 0 Å². The number of hydrogen-bond donors (Lipinski definition) is 1. The highest BCUT2D eigenvalue weighted by Crippen LogP contribution is 2.35. The van der Waals surface area contributed by atoms with E-state index < -0.39 is 17.8 Å². The third-order valence-corrected chi connectivity index (χ3v) is 6.14. The summed E-state index contributed by atoms with van der Waals surface area (Å²) in [6.45, 7) is 2.43. The second-order valence-electron chi connectivity index (χ2n) is 7.84. The van der Waals surface area contributed by atoms with E-state index in [1.807, 2.05) is 29.5 Å². The molecule has 0 bridgehead atoms. The highest BCUT2D eigenvalue weighted by atomic mass is 127. The van der Waals surface area contributed by atoms with Gasteiger partial charge in [-0.15, -0.1) is 0 Å². The summed E-state index contributed by atoms with van der Waals surface area (Å²) < 4.78 is 30.9. The van der Waals surface area contributed by atoms with Crippen molar-refractivity contribution in [2.45, 2.75) is 13.5 Å². The number of carbonyl (C=O) groups is 3. The molecule has 0 aromatic heterocycles. The first-order valence-corrected chi connectivity index (χ1v) is 12.3. The van der Waals surface area contributed by atoms with E-state index in [-0.39, 0.29) is 23.7 Å². The fourth-order valence-electron chi connectivity index (χ4n) is 3.66. The van der Waals surface area contributed by atoms with Crippen LogP contribution in [0.15, 0.2) is 66.2 Å². The number of urea groups is 1. The Morgan fingerprint density at radius 2 is 1.78 bits per heavy atom. The van der Waals surface area contributed by atoms with Gasteiger partial charge in [0.25, 0.3) is 11.8 Å². The molecule has 4 rings (SSSR count). The minimum absolute atomic E-state index is 0.116. The Morgan fingerprint density at radius 3 is 2.46 bits per heavy atom. The average molecular weight is 616 g/mol. The number of nitrogens with one attached hydrogen (secondary N) is 1. The number of methoxy groups -OCH3 is 1. The lowest BCUT2D eigenvalue weighted by Crippen LogP contribution is -2.54. The van der Waals surface area contributed by atoms with Crippen LogP contribution in [0.1, 0.15) is 18.1 Å². The van der Waals surface area contributed by atoms with Crippen molar-refractivity contribution in [1.82, 2.24) is 5.32 Å². The topological polar surface area (TPSA) is 94.2 Å². The molecule has 0 spiro atoms. The molecule has 190 valence electrons. The van der Waals surface area contributed by atoms with Gasteiger partial charge >= 0.3 is 6.03 Å². The van der Waals surface area contributed by atoms with Gasteiger partial charge in [-0.1, -0.05) is 12.1 Å². The molecule has 1 aliphatic rings. The minimum atomic E-state index is -0.843. The van der Waals surface area contributed by atoms with Gasteiger partial charge in [0.05, 0.1) is 23.0 Å². The second kappa shape index (κ2) is 11.4. The molecule has 1 N–H and O–H groups in total. The Balaban J connectivity index is 1.61. The Hall–Kier alpha value is -3.93. The SMILES string of the molecule is CCOc1ccc(N2C(=O)NC(=O)/C(=C\c3cc(I)c(OCc4cccc(F)c4)c(OC)c3)C2=O)cc1. The van der Waals surface area contributed by atoms with Crippen molar-refractivity contribution in [2.24, 2.45) is 0 Å². The van der Waals surface area contributed by atoms with Gasteiger partial charge in [0.1, 0.15) is 23.7 Å². The summed E-state index contributed by atoms with van der Waals surface area (Å²) >= 11 is 2.05. The lowest BCUT2D eigenvalue weighted by Gasteiger charge is -2.26. The van der Waals surface area contributed by atoms with Crippen molar-refractivity contribution >= 4 is 52.2 Å².